The van der Waals surface area contributed by atoms with Gasteiger partial charge in [-0.1, -0.05) is 13.8 Å². The van der Waals surface area contributed by atoms with Gasteiger partial charge < -0.3 is 14.2 Å². The summed E-state index contributed by atoms with van der Waals surface area (Å²) < 4.78 is 17.3. The molecule has 0 spiro atoms. The Morgan fingerprint density at radius 3 is 2.27 bits per heavy atom. The van der Waals surface area contributed by atoms with E-state index in [0.29, 0.717) is 30.6 Å². The molecule has 0 saturated heterocycles. The van der Waals surface area contributed by atoms with Gasteiger partial charge in [-0.25, -0.2) is 0 Å². The molecule has 4 aliphatic rings. The molecule has 30 heavy (non-hydrogen) atoms. The van der Waals surface area contributed by atoms with Crippen LogP contribution in [-0.4, -0.2) is 42.6 Å². The van der Waals surface area contributed by atoms with Gasteiger partial charge in [-0.2, -0.15) is 0 Å². The van der Waals surface area contributed by atoms with Crippen molar-refractivity contribution in [2.45, 2.75) is 96.9 Å². The first-order valence-corrected chi connectivity index (χ1v) is 11.5. The summed E-state index contributed by atoms with van der Waals surface area (Å²) in [6, 6.07) is 0. The summed E-state index contributed by atoms with van der Waals surface area (Å²) in [5.41, 5.74) is -1.20. The van der Waals surface area contributed by atoms with Crippen molar-refractivity contribution >= 4 is 17.7 Å². The molecular weight excluding hydrogens is 384 g/mol. The second-order valence-corrected chi connectivity index (χ2v) is 10.6. The fraction of sp³-hybridized carbons (Fsp3) is 0.875. The molecular formula is C24H36O6. The highest BCUT2D eigenvalue weighted by Crippen LogP contribution is 2.67. The fourth-order valence-corrected chi connectivity index (χ4v) is 8.09. The van der Waals surface area contributed by atoms with Crippen LogP contribution in [0.3, 0.4) is 0 Å². The van der Waals surface area contributed by atoms with E-state index in [9.17, 15) is 14.4 Å². The highest BCUT2D eigenvalue weighted by molar-refractivity contribution is 5.90. The zero-order valence-corrected chi connectivity index (χ0v) is 19.0. The number of hydrogen-bond donors (Lipinski definition) is 0. The molecule has 4 aliphatic carbocycles. The lowest BCUT2D eigenvalue weighted by atomic mass is 9.43. The van der Waals surface area contributed by atoms with Gasteiger partial charge >= 0.3 is 11.9 Å². The molecule has 8 atom stereocenters. The minimum Gasteiger partial charge on any atom is -0.462 e. The Labute approximate surface area is 179 Å². The largest absolute Gasteiger partial charge is 0.462 e. The summed E-state index contributed by atoms with van der Waals surface area (Å²) in [6.45, 7) is 7.41. The molecule has 0 aliphatic heterocycles. The lowest BCUT2D eigenvalue weighted by Gasteiger charge is -2.63. The smallest absolute Gasteiger partial charge is 0.302 e. The van der Waals surface area contributed by atoms with Gasteiger partial charge in [0.15, 0.2) is 5.78 Å². The van der Waals surface area contributed by atoms with Gasteiger partial charge in [0.25, 0.3) is 0 Å². The van der Waals surface area contributed by atoms with Crippen LogP contribution in [0.15, 0.2) is 0 Å². The highest BCUT2D eigenvalue weighted by Gasteiger charge is 2.69. The van der Waals surface area contributed by atoms with Crippen molar-refractivity contribution in [3.63, 3.8) is 0 Å². The van der Waals surface area contributed by atoms with Gasteiger partial charge in [-0.3, -0.25) is 14.4 Å². The van der Waals surface area contributed by atoms with Gasteiger partial charge in [0.2, 0.25) is 0 Å². The summed E-state index contributed by atoms with van der Waals surface area (Å²) in [5, 5.41) is 0. The predicted octanol–water partition coefficient (Wildman–Crippen LogP) is 3.84. The van der Waals surface area contributed by atoms with Crippen molar-refractivity contribution in [2.75, 3.05) is 7.11 Å². The second-order valence-electron chi connectivity index (χ2n) is 10.6. The Kier molecular flexibility index (Phi) is 5.32. The molecule has 4 fully saturated rings. The van der Waals surface area contributed by atoms with E-state index < -0.39 is 5.60 Å². The molecule has 168 valence electrons. The quantitative estimate of drug-likeness (QED) is 0.646. The average Bonchev–Trinajstić information content (AvgIpc) is 2.98. The minimum absolute atomic E-state index is 0.0438. The van der Waals surface area contributed by atoms with E-state index in [-0.39, 0.29) is 40.8 Å². The van der Waals surface area contributed by atoms with Crippen molar-refractivity contribution in [3.8, 4) is 0 Å². The first kappa shape index (κ1) is 21.8. The fourth-order valence-electron chi connectivity index (χ4n) is 8.09. The summed E-state index contributed by atoms with van der Waals surface area (Å²) in [7, 11) is 1.64. The third-order valence-corrected chi connectivity index (χ3v) is 9.45. The van der Waals surface area contributed by atoms with E-state index in [4.69, 9.17) is 14.2 Å². The third-order valence-electron chi connectivity index (χ3n) is 9.45. The first-order chi connectivity index (χ1) is 14.1. The number of Topliss-reactive ketones (excluding diaryl/α,β-unsaturated/α-hetero) is 1. The predicted molar refractivity (Wildman–Crippen MR) is 109 cm³/mol. The number of fused-ring (bicyclic) bond motifs is 5. The van der Waals surface area contributed by atoms with Gasteiger partial charge in [0.05, 0.1) is 0 Å². The first-order valence-electron chi connectivity index (χ1n) is 11.5. The van der Waals surface area contributed by atoms with Crippen LogP contribution in [0, 0.1) is 28.6 Å². The van der Waals surface area contributed by atoms with Crippen LogP contribution in [0.25, 0.3) is 0 Å². The molecule has 4 saturated carbocycles. The molecule has 6 heteroatoms. The summed E-state index contributed by atoms with van der Waals surface area (Å²) in [5.74, 6) is 0.732. The topological polar surface area (TPSA) is 78.9 Å². The van der Waals surface area contributed by atoms with E-state index in [1.54, 1.807) is 7.11 Å². The number of esters is 2. The molecule has 0 amide bonds. The number of carbonyl (C=O) groups is 3. The number of carbonyl (C=O) groups excluding carboxylic acids is 3. The molecule has 3 unspecified atom stereocenters. The SMILES string of the molecule is COC12CC(OC(C)=O)CC[C@]1(C)[C@@H]1CC[C@]3(C)C(OC(C)=O)CC[C@H]3[C@@H]1CC2=O. The zero-order chi connectivity index (χ0) is 21.9. The van der Waals surface area contributed by atoms with Crippen molar-refractivity contribution < 1.29 is 28.6 Å². The van der Waals surface area contributed by atoms with E-state index >= 15 is 0 Å². The molecule has 0 aromatic heterocycles. The molecule has 0 bridgehead atoms. The molecule has 0 N–H and O–H groups in total. The summed E-state index contributed by atoms with van der Waals surface area (Å²) >= 11 is 0. The monoisotopic (exact) mass is 420 g/mol. The number of ketones is 1. The highest BCUT2D eigenvalue weighted by atomic mass is 16.6. The van der Waals surface area contributed by atoms with Gasteiger partial charge in [0, 0.05) is 44.6 Å². The van der Waals surface area contributed by atoms with Crippen molar-refractivity contribution in [1.82, 2.24) is 0 Å². The van der Waals surface area contributed by atoms with Crippen LogP contribution in [0.2, 0.25) is 0 Å². The lowest BCUT2D eigenvalue weighted by Crippen LogP contribution is -2.68. The molecule has 0 radical (unpaired) electrons. The van der Waals surface area contributed by atoms with Crippen LogP contribution < -0.4 is 0 Å². The average molecular weight is 421 g/mol. The van der Waals surface area contributed by atoms with E-state index in [1.165, 1.54) is 13.8 Å². The van der Waals surface area contributed by atoms with E-state index in [1.807, 2.05) is 0 Å². The maximum Gasteiger partial charge on any atom is 0.302 e. The number of hydrogen-bond acceptors (Lipinski definition) is 6. The molecule has 0 heterocycles. The second kappa shape index (κ2) is 7.32. The molecule has 0 aromatic carbocycles. The normalized spacial score (nSPS) is 47.6. The number of rotatable bonds is 3. The summed E-state index contributed by atoms with van der Waals surface area (Å²) in [6.07, 6.45) is 6.18. The Bertz CT molecular complexity index is 748. The van der Waals surface area contributed by atoms with Crippen LogP contribution >= 0.6 is 0 Å². The third kappa shape index (κ3) is 2.96. The Hall–Kier alpha value is -1.43. The molecule has 6 nitrogen and oxygen atoms in total. The van der Waals surface area contributed by atoms with Crippen LogP contribution in [0.4, 0.5) is 0 Å². The standard InChI is InChI=1S/C24H36O6/c1-14(25)29-16-8-11-23(4)19-9-10-22(3)18(6-7-21(22)30-15(2)26)17(19)12-20(27)24(23,13-16)28-5/h16-19,21H,6-13H2,1-5H3/t16?,17-,18-,19+,21?,22-,23+,24?/m0/s1. The van der Waals surface area contributed by atoms with E-state index in [0.717, 1.165) is 38.5 Å². The molecule has 4 rings (SSSR count). The van der Waals surface area contributed by atoms with Crippen LogP contribution in [0.5, 0.6) is 0 Å². The zero-order valence-electron chi connectivity index (χ0n) is 19.0. The summed E-state index contributed by atoms with van der Waals surface area (Å²) in [4.78, 5) is 36.9. The number of ether oxygens (including phenoxy) is 3. The number of methoxy groups -OCH3 is 1. The minimum atomic E-state index is -0.881. The Morgan fingerprint density at radius 1 is 0.933 bits per heavy atom. The maximum atomic E-state index is 13.7. The van der Waals surface area contributed by atoms with Gasteiger partial charge in [-0.05, 0) is 56.3 Å². The van der Waals surface area contributed by atoms with Crippen LogP contribution in [0.1, 0.15) is 79.1 Å². The van der Waals surface area contributed by atoms with Crippen molar-refractivity contribution in [2.24, 2.45) is 28.6 Å². The molecule has 0 aromatic rings. The van der Waals surface area contributed by atoms with Crippen molar-refractivity contribution in [3.05, 3.63) is 0 Å². The Morgan fingerprint density at radius 2 is 1.63 bits per heavy atom. The lowest BCUT2D eigenvalue weighted by molar-refractivity contribution is -0.226. The van der Waals surface area contributed by atoms with E-state index in [2.05, 4.69) is 13.8 Å². The maximum absolute atomic E-state index is 13.7. The van der Waals surface area contributed by atoms with Gasteiger partial charge in [0.1, 0.15) is 17.8 Å². The Balaban J connectivity index is 1.64. The van der Waals surface area contributed by atoms with Crippen LogP contribution in [-0.2, 0) is 28.6 Å². The van der Waals surface area contributed by atoms with Crippen molar-refractivity contribution in [1.29, 1.82) is 0 Å². The van der Waals surface area contributed by atoms with Gasteiger partial charge in [-0.15, -0.1) is 0 Å².